The number of rotatable bonds is 6. The van der Waals surface area contributed by atoms with Crippen LogP contribution in [0.4, 0.5) is 0 Å². The van der Waals surface area contributed by atoms with E-state index in [0.29, 0.717) is 31.0 Å². The normalized spacial score (nSPS) is 20.7. The van der Waals surface area contributed by atoms with Gasteiger partial charge in [0.2, 0.25) is 0 Å². The molecule has 0 aromatic heterocycles. The third-order valence-corrected chi connectivity index (χ3v) is 12.2. The van der Waals surface area contributed by atoms with Crippen LogP contribution in [0.2, 0.25) is 0 Å². The molecular formula is C34H51O3P. The van der Waals surface area contributed by atoms with Gasteiger partial charge in [-0.15, -0.1) is 0 Å². The predicted molar refractivity (Wildman–Crippen MR) is 164 cm³/mol. The standard InChI is InChI=1S/C34H51O3P/c1-21(2)25-16-26(22(3)4)31(27(17-25)23(5)6)28-15-24(7)29(35-12)18-30(28)38-32(8,9)19-34(20-33(38,10)11)36-13-14-37-34/h15-18,21-23H,13-14,19-20H2,1-12H3. The quantitative estimate of drug-likeness (QED) is 0.343. The Morgan fingerprint density at radius 3 is 1.68 bits per heavy atom. The maximum atomic E-state index is 6.32. The molecule has 0 amide bonds. The first-order valence-electron chi connectivity index (χ1n) is 14.6. The summed E-state index contributed by atoms with van der Waals surface area (Å²) in [6, 6.07) is 9.79. The molecule has 4 rings (SSSR count). The smallest absolute Gasteiger partial charge is 0.170 e. The van der Waals surface area contributed by atoms with Gasteiger partial charge in [-0.25, -0.2) is 0 Å². The summed E-state index contributed by atoms with van der Waals surface area (Å²) in [5, 5.41) is 1.53. The highest BCUT2D eigenvalue weighted by Crippen LogP contribution is 2.69. The Balaban J connectivity index is 2.04. The van der Waals surface area contributed by atoms with E-state index in [2.05, 4.69) is 100 Å². The Bertz CT molecular complexity index is 1120. The molecule has 2 saturated heterocycles. The Morgan fingerprint density at radius 2 is 1.26 bits per heavy atom. The van der Waals surface area contributed by atoms with Crippen LogP contribution >= 0.6 is 7.92 Å². The third-order valence-electron chi connectivity index (χ3n) is 8.58. The summed E-state index contributed by atoms with van der Waals surface area (Å²) < 4.78 is 18.6. The molecule has 2 aromatic carbocycles. The van der Waals surface area contributed by atoms with Crippen LogP contribution in [0.25, 0.3) is 11.1 Å². The van der Waals surface area contributed by atoms with Crippen LogP contribution in [-0.4, -0.2) is 36.4 Å². The maximum Gasteiger partial charge on any atom is 0.170 e. The van der Waals surface area contributed by atoms with Crippen molar-refractivity contribution in [2.45, 2.75) is 123 Å². The highest BCUT2D eigenvalue weighted by atomic mass is 31.1. The van der Waals surface area contributed by atoms with E-state index in [1.165, 1.54) is 38.7 Å². The lowest BCUT2D eigenvalue weighted by atomic mass is 9.81. The minimum atomic E-state index is -0.598. The molecule has 0 unspecified atom stereocenters. The van der Waals surface area contributed by atoms with E-state index in [9.17, 15) is 0 Å². The average Bonchev–Trinajstić information content (AvgIpc) is 3.23. The van der Waals surface area contributed by atoms with Crippen molar-refractivity contribution in [3.63, 3.8) is 0 Å². The highest BCUT2D eigenvalue weighted by Gasteiger charge is 2.57. The van der Waals surface area contributed by atoms with E-state index in [-0.39, 0.29) is 10.3 Å². The van der Waals surface area contributed by atoms with Crippen molar-refractivity contribution < 1.29 is 14.2 Å². The lowest BCUT2D eigenvalue weighted by Crippen LogP contribution is -2.52. The van der Waals surface area contributed by atoms with Crippen LogP contribution in [0.1, 0.15) is 122 Å². The van der Waals surface area contributed by atoms with Crippen molar-refractivity contribution in [1.82, 2.24) is 0 Å². The van der Waals surface area contributed by atoms with Crippen LogP contribution in [0, 0.1) is 6.92 Å². The summed E-state index contributed by atoms with van der Waals surface area (Å²) in [7, 11) is 1.21. The molecule has 4 heteroatoms. The van der Waals surface area contributed by atoms with Crippen molar-refractivity contribution in [2.24, 2.45) is 0 Å². The van der Waals surface area contributed by atoms with Gasteiger partial charge in [0.25, 0.3) is 0 Å². The SMILES string of the molecule is COc1cc(P2C(C)(C)CC3(CC2(C)C)OCCO3)c(-c2c(C(C)C)cc(C(C)C)cc2C(C)C)cc1C. The molecule has 0 N–H and O–H groups in total. The summed E-state index contributed by atoms with van der Waals surface area (Å²) in [6.07, 6.45) is 1.84. The fourth-order valence-electron chi connectivity index (χ4n) is 7.26. The molecule has 2 fully saturated rings. The number of hydrogen-bond donors (Lipinski definition) is 0. The Morgan fingerprint density at radius 1 is 0.763 bits per heavy atom. The number of hydrogen-bond acceptors (Lipinski definition) is 3. The van der Waals surface area contributed by atoms with Crippen molar-refractivity contribution in [3.8, 4) is 16.9 Å². The van der Waals surface area contributed by atoms with Gasteiger partial charge < -0.3 is 14.2 Å². The average molecular weight is 539 g/mol. The zero-order valence-electron chi connectivity index (χ0n) is 26.0. The number of aryl methyl sites for hydroxylation is 1. The van der Waals surface area contributed by atoms with E-state index in [1.807, 2.05) is 7.11 Å². The van der Waals surface area contributed by atoms with Crippen molar-refractivity contribution in [1.29, 1.82) is 0 Å². The minimum Gasteiger partial charge on any atom is -0.496 e. The van der Waals surface area contributed by atoms with Gasteiger partial charge in [0, 0.05) is 12.8 Å². The maximum absolute atomic E-state index is 6.32. The van der Waals surface area contributed by atoms with E-state index in [0.717, 1.165) is 18.6 Å². The largest absolute Gasteiger partial charge is 0.496 e. The molecule has 0 atom stereocenters. The molecule has 38 heavy (non-hydrogen) atoms. The fraction of sp³-hybridized carbons (Fsp3) is 0.647. The van der Waals surface area contributed by atoms with Crippen molar-refractivity contribution in [3.05, 3.63) is 46.5 Å². The van der Waals surface area contributed by atoms with E-state index < -0.39 is 13.7 Å². The zero-order valence-corrected chi connectivity index (χ0v) is 26.9. The molecule has 0 aliphatic carbocycles. The second kappa shape index (κ2) is 10.5. The molecular weight excluding hydrogens is 487 g/mol. The topological polar surface area (TPSA) is 27.7 Å². The molecule has 2 heterocycles. The number of benzene rings is 2. The molecule has 0 bridgehead atoms. The monoisotopic (exact) mass is 538 g/mol. The van der Waals surface area contributed by atoms with Crippen LogP contribution in [-0.2, 0) is 9.47 Å². The highest BCUT2D eigenvalue weighted by molar-refractivity contribution is 7.69. The number of methoxy groups -OCH3 is 1. The first-order valence-corrected chi connectivity index (χ1v) is 15.9. The van der Waals surface area contributed by atoms with Crippen LogP contribution in [0.3, 0.4) is 0 Å². The Labute approximate surface area is 233 Å². The van der Waals surface area contributed by atoms with Crippen LogP contribution < -0.4 is 10.0 Å². The zero-order chi connectivity index (χ0) is 28.2. The summed E-state index contributed by atoms with van der Waals surface area (Å²) in [4.78, 5) is 0. The molecule has 2 aliphatic heterocycles. The summed E-state index contributed by atoms with van der Waals surface area (Å²) in [6.45, 7) is 27.4. The van der Waals surface area contributed by atoms with E-state index in [4.69, 9.17) is 14.2 Å². The van der Waals surface area contributed by atoms with E-state index >= 15 is 0 Å². The summed E-state index contributed by atoms with van der Waals surface area (Å²) >= 11 is 0. The van der Waals surface area contributed by atoms with Crippen LogP contribution in [0.15, 0.2) is 24.3 Å². The summed E-state index contributed by atoms with van der Waals surface area (Å²) in [5.41, 5.74) is 8.42. The van der Waals surface area contributed by atoms with Gasteiger partial charge in [-0.1, -0.05) is 89.3 Å². The Hall–Kier alpha value is -1.41. The molecule has 0 radical (unpaired) electrons. The van der Waals surface area contributed by atoms with E-state index in [1.54, 1.807) is 0 Å². The van der Waals surface area contributed by atoms with Crippen molar-refractivity contribution in [2.75, 3.05) is 20.3 Å². The molecule has 0 saturated carbocycles. The third kappa shape index (κ3) is 5.33. The molecule has 210 valence electrons. The van der Waals surface area contributed by atoms with Crippen molar-refractivity contribution >= 4 is 13.2 Å². The number of ether oxygens (including phenoxy) is 3. The van der Waals surface area contributed by atoms with Gasteiger partial charge in [-0.2, -0.15) is 0 Å². The predicted octanol–water partition coefficient (Wildman–Crippen LogP) is 9.24. The first-order chi connectivity index (χ1) is 17.6. The first kappa shape index (κ1) is 29.6. The molecule has 1 spiro atoms. The second-order valence-electron chi connectivity index (χ2n) is 13.8. The molecule has 2 aromatic rings. The van der Waals surface area contributed by atoms with Crippen LogP contribution in [0.5, 0.6) is 5.75 Å². The minimum absolute atomic E-state index is 0.0320. The Kier molecular flexibility index (Phi) is 8.19. The van der Waals surface area contributed by atoms with Gasteiger partial charge in [0.15, 0.2) is 5.79 Å². The van der Waals surface area contributed by atoms with Gasteiger partial charge in [-0.3, -0.25) is 0 Å². The van der Waals surface area contributed by atoms with Gasteiger partial charge in [0.05, 0.1) is 20.3 Å². The lowest BCUT2D eigenvalue weighted by molar-refractivity contribution is -0.178. The van der Waals surface area contributed by atoms with Gasteiger partial charge in [0.1, 0.15) is 5.75 Å². The molecule has 2 aliphatic rings. The van der Waals surface area contributed by atoms with Gasteiger partial charge >= 0.3 is 0 Å². The molecule has 3 nitrogen and oxygen atoms in total. The second-order valence-corrected chi connectivity index (χ2v) is 17.4. The fourth-order valence-corrected chi connectivity index (χ4v) is 11.7. The summed E-state index contributed by atoms with van der Waals surface area (Å²) in [5.74, 6) is 1.90. The van der Waals surface area contributed by atoms with Gasteiger partial charge in [-0.05, 0) is 85.8 Å². The lowest BCUT2D eigenvalue weighted by Gasteiger charge is -2.55.